The first-order valence-corrected chi connectivity index (χ1v) is 7.22. The second-order valence-corrected chi connectivity index (χ2v) is 5.57. The molecule has 1 aliphatic heterocycles. The Hall–Kier alpha value is -1.39. The van der Waals surface area contributed by atoms with Gasteiger partial charge in [-0.1, -0.05) is 18.2 Å². The first-order valence-electron chi connectivity index (χ1n) is 6.34. The van der Waals surface area contributed by atoms with Gasteiger partial charge in [0.2, 0.25) is 0 Å². The number of nitrogens with one attached hydrogen (secondary N) is 2. The molecule has 2 heterocycles. The van der Waals surface area contributed by atoms with Crippen molar-refractivity contribution >= 4 is 17.0 Å². The molecule has 1 aromatic heterocycles. The Bertz CT molecular complexity index is 496. The van der Waals surface area contributed by atoms with Crippen LogP contribution < -0.4 is 10.6 Å². The lowest BCUT2D eigenvalue weighted by Gasteiger charge is -2.10. The molecule has 0 fully saturated rings. The van der Waals surface area contributed by atoms with Crippen LogP contribution >= 0.6 is 11.3 Å². The van der Waals surface area contributed by atoms with Gasteiger partial charge in [-0.3, -0.25) is 4.98 Å². The lowest BCUT2D eigenvalue weighted by molar-refractivity contribution is 0.595. The van der Waals surface area contributed by atoms with Crippen LogP contribution in [0, 0.1) is 0 Å². The van der Waals surface area contributed by atoms with E-state index in [2.05, 4.69) is 39.9 Å². The monoisotopic (exact) mass is 259 g/mol. The number of fused-ring (bicyclic) bond motifs is 1. The number of nitrogens with zero attached hydrogens (tertiary/aromatic N) is 1. The summed E-state index contributed by atoms with van der Waals surface area (Å²) in [5, 5.41) is 6.96. The van der Waals surface area contributed by atoms with E-state index in [1.54, 1.807) is 11.3 Å². The molecular weight excluding hydrogens is 242 g/mol. The number of anilines is 1. The summed E-state index contributed by atoms with van der Waals surface area (Å²) in [7, 11) is 0. The van der Waals surface area contributed by atoms with E-state index in [0.717, 1.165) is 19.6 Å². The molecule has 0 aliphatic carbocycles. The third-order valence-corrected chi connectivity index (χ3v) is 4.17. The number of hydrogen-bond donors (Lipinski definition) is 2. The van der Waals surface area contributed by atoms with Crippen LogP contribution in [0.4, 0.5) is 5.69 Å². The van der Waals surface area contributed by atoms with Crippen molar-refractivity contribution in [2.45, 2.75) is 18.9 Å². The van der Waals surface area contributed by atoms with Crippen LogP contribution in [-0.2, 0) is 6.54 Å². The van der Waals surface area contributed by atoms with E-state index < -0.39 is 0 Å². The van der Waals surface area contributed by atoms with E-state index in [0.29, 0.717) is 5.92 Å². The van der Waals surface area contributed by atoms with Crippen LogP contribution in [-0.4, -0.2) is 18.1 Å². The molecule has 0 spiro atoms. The van der Waals surface area contributed by atoms with Crippen molar-refractivity contribution in [1.29, 1.82) is 0 Å². The molecule has 2 aromatic rings. The molecule has 94 valence electrons. The first kappa shape index (κ1) is 11.7. The lowest BCUT2D eigenvalue weighted by Crippen LogP contribution is -2.17. The van der Waals surface area contributed by atoms with Crippen molar-refractivity contribution in [3.05, 3.63) is 46.4 Å². The van der Waals surface area contributed by atoms with E-state index in [1.165, 1.54) is 22.5 Å². The molecule has 3 rings (SSSR count). The average molecular weight is 259 g/mol. The molecule has 0 saturated heterocycles. The maximum atomic E-state index is 4.08. The lowest BCUT2D eigenvalue weighted by atomic mass is 9.98. The van der Waals surface area contributed by atoms with Crippen LogP contribution in [0.2, 0.25) is 0 Å². The van der Waals surface area contributed by atoms with Crippen LogP contribution in [0.3, 0.4) is 0 Å². The van der Waals surface area contributed by atoms with Gasteiger partial charge in [-0.05, 0) is 24.6 Å². The standard InChI is InChI=1S/C14H17N3S/c1-2-4-14-13(3-1)11(7-17-14)5-6-15-8-12-9-16-10-18-12/h1-4,9-11,15,17H,5-8H2. The predicted molar refractivity (Wildman–Crippen MR) is 76.1 cm³/mol. The predicted octanol–water partition coefficient (Wildman–Crippen LogP) is 2.83. The largest absolute Gasteiger partial charge is 0.384 e. The van der Waals surface area contributed by atoms with E-state index in [1.807, 2.05) is 11.7 Å². The molecule has 1 atom stereocenters. The number of thiazole rings is 1. The summed E-state index contributed by atoms with van der Waals surface area (Å²) in [5.41, 5.74) is 4.66. The van der Waals surface area contributed by atoms with E-state index in [-0.39, 0.29) is 0 Å². The molecule has 1 aromatic carbocycles. The molecule has 0 amide bonds. The molecule has 4 heteroatoms. The maximum absolute atomic E-state index is 4.08. The highest BCUT2D eigenvalue weighted by molar-refractivity contribution is 7.09. The maximum Gasteiger partial charge on any atom is 0.0794 e. The molecule has 3 nitrogen and oxygen atoms in total. The molecule has 0 bridgehead atoms. The van der Waals surface area contributed by atoms with Crippen molar-refractivity contribution in [3.8, 4) is 0 Å². The highest BCUT2D eigenvalue weighted by atomic mass is 32.1. The normalized spacial score (nSPS) is 17.4. The summed E-state index contributed by atoms with van der Waals surface area (Å²) >= 11 is 1.71. The summed E-state index contributed by atoms with van der Waals surface area (Å²) < 4.78 is 0. The summed E-state index contributed by atoms with van der Waals surface area (Å²) in [5.74, 6) is 0.648. The van der Waals surface area contributed by atoms with Gasteiger partial charge in [0, 0.05) is 35.8 Å². The molecule has 18 heavy (non-hydrogen) atoms. The minimum atomic E-state index is 0.648. The summed E-state index contributed by atoms with van der Waals surface area (Å²) in [6.45, 7) is 3.06. The van der Waals surface area contributed by atoms with Crippen LogP contribution in [0.1, 0.15) is 22.8 Å². The number of hydrogen-bond acceptors (Lipinski definition) is 4. The van der Waals surface area contributed by atoms with Gasteiger partial charge in [-0.15, -0.1) is 11.3 Å². The minimum Gasteiger partial charge on any atom is -0.384 e. The fourth-order valence-electron chi connectivity index (χ4n) is 2.43. The molecule has 0 saturated carbocycles. The number of para-hydroxylation sites is 1. The Morgan fingerprint density at radius 1 is 1.39 bits per heavy atom. The van der Waals surface area contributed by atoms with Crippen LogP contribution in [0.15, 0.2) is 36.0 Å². The van der Waals surface area contributed by atoms with Crippen LogP contribution in [0.25, 0.3) is 0 Å². The van der Waals surface area contributed by atoms with Gasteiger partial charge in [-0.25, -0.2) is 0 Å². The van der Waals surface area contributed by atoms with Crippen molar-refractivity contribution in [2.24, 2.45) is 0 Å². The summed E-state index contributed by atoms with van der Waals surface area (Å²) in [6, 6.07) is 8.63. The topological polar surface area (TPSA) is 37.0 Å². The van der Waals surface area contributed by atoms with Gasteiger partial charge in [0.15, 0.2) is 0 Å². The molecule has 1 unspecified atom stereocenters. The third kappa shape index (κ3) is 2.54. The van der Waals surface area contributed by atoms with E-state index in [9.17, 15) is 0 Å². The Balaban J connectivity index is 1.47. The van der Waals surface area contributed by atoms with E-state index >= 15 is 0 Å². The Labute approximate surface area is 111 Å². The molecule has 0 radical (unpaired) electrons. The average Bonchev–Trinajstić information content (AvgIpc) is 3.04. The summed E-state index contributed by atoms with van der Waals surface area (Å²) in [4.78, 5) is 5.38. The Kier molecular flexibility index (Phi) is 3.57. The van der Waals surface area contributed by atoms with Crippen molar-refractivity contribution < 1.29 is 0 Å². The van der Waals surface area contributed by atoms with Crippen molar-refractivity contribution in [3.63, 3.8) is 0 Å². The molecule has 1 aliphatic rings. The SMILES string of the molecule is c1ccc2c(c1)NCC2CCNCc1cncs1. The van der Waals surface area contributed by atoms with Gasteiger partial charge in [0.1, 0.15) is 0 Å². The molecular formula is C14H17N3S. The second kappa shape index (κ2) is 5.50. The Morgan fingerprint density at radius 3 is 3.22 bits per heavy atom. The quantitative estimate of drug-likeness (QED) is 0.811. The Morgan fingerprint density at radius 2 is 2.33 bits per heavy atom. The van der Waals surface area contributed by atoms with Crippen molar-refractivity contribution in [1.82, 2.24) is 10.3 Å². The van der Waals surface area contributed by atoms with Gasteiger partial charge in [-0.2, -0.15) is 0 Å². The first-order chi connectivity index (χ1) is 8.93. The molecule has 2 N–H and O–H groups in total. The van der Waals surface area contributed by atoms with Gasteiger partial charge < -0.3 is 10.6 Å². The smallest absolute Gasteiger partial charge is 0.0794 e. The van der Waals surface area contributed by atoms with Crippen LogP contribution in [0.5, 0.6) is 0 Å². The van der Waals surface area contributed by atoms with Gasteiger partial charge in [0.05, 0.1) is 5.51 Å². The third-order valence-electron chi connectivity index (χ3n) is 3.39. The van der Waals surface area contributed by atoms with E-state index in [4.69, 9.17) is 0 Å². The van der Waals surface area contributed by atoms with Gasteiger partial charge in [0.25, 0.3) is 0 Å². The van der Waals surface area contributed by atoms with Gasteiger partial charge >= 0.3 is 0 Å². The number of aromatic nitrogens is 1. The number of rotatable bonds is 5. The number of benzene rings is 1. The minimum absolute atomic E-state index is 0.648. The zero-order valence-corrected chi connectivity index (χ0v) is 11.0. The summed E-state index contributed by atoms with van der Waals surface area (Å²) in [6.07, 6.45) is 3.12. The zero-order valence-electron chi connectivity index (χ0n) is 10.2. The second-order valence-electron chi connectivity index (χ2n) is 4.60. The zero-order chi connectivity index (χ0) is 12.2. The highest BCUT2D eigenvalue weighted by Gasteiger charge is 2.20. The fraction of sp³-hybridized carbons (Fsp3) is 0.357. The van der Waals surface area contributed by atoms with Crippen molar-refractivity contribution in [2.75, 3.05) is 18.4 Å². The fourth-order valence-corrected chi connectivity index (χ4v) is 3.00. The highest BCUT2D eigenvalue weighted by Crippen LogP contribution is 2.32.